The topological polar surface area (TPSA) is 99.9 Å². The van der Waals surface area contributed by atoms with E-state index in [1.807, 2.05) is 0 Å². The molecule has 1 amide bonds. The maximum absolute atomic E-state index is 11.5. The molecule has 0 saturated heterocycles. The van der Waals surface area contributed by atoms with Gasteiger partial charge in [0.05, 0.1) is 0 Å². The van der Waals surface area contributed by atoms with Crippen LogP contribution in [0.2, 0.25) is 0 Å². The number of rotatable bonds is 1. The number of carbonyl (C=O) groups is 1. The van der Waals surface area contributed by atoms with Crippen molar-refractivity contribution in [2.75, 3.05) is 13.2 Å². The van der Waals surface area contributed by atoms with Crippen LogP contribution in [-0.4, -0.2) is 25.1 Å². The van der Waals surface area contributed by atoms with Gasteiger partial charge in [0, 0.05) is 5.56 Å². The summed E-state index contributed by atoms with van der Waals surface area (Å²) in [6.45, 7) is 0.973. The summed E-state index contributed by atoms with van der Waals surface area (Å²) in [6, 6.07) is 4.80. The van der Waals surface area contributed by atoms with E-state index in [9.17, 15) is 4.79 Å². The van der Waals surface area contributed by atoms with Gasteiger partial charge in [0.1, 0.15) is 13.2 Å². The van der Waals surface area contributed by atoms with E-state index in [-0.39, 0.29) is 18.4 Å². The van der Waals surface area contributed by atoms with Gasteiger partial charge in [-0.05, 0) is 18.2 Å². The van der Waals surface area contributed by atoms with Crippen LogP contribution < -0.4 is 20.9 Å². The zero-order valence-electron chi connectivity index (χ0n) is 8.88. The predicted octanol–water partition coefficient (Wildman–Crippen LogP) is 0.293. The van der Waals surface area contributed by atoms with Crippen molar-refractivity contribution >= 4 is 24.3 Å². The minimum Gasteiger partial charge on any atom is -0.486 e. The molecule has 92 valence electrons. The molecular weight excluding hydrogens is 246 g/mol. The lowest BCUT2D eigenvalue weighted by atomic mass is 10.2. The Morgan fingerprint density at radius 2 is 1.82 bits per heavy atom. The number of hydrogen-bond acceptors (Lipinski definition) is 3. The van der Waals surface area contributed by atoms with Gasteiger partial charge >= 0.3 is 0 Å². The maximum Gasteiger partial charge on any atom is 0.280 e. The summed E-state index contributed by atoms with van der Waals surface area (Å²) in [4.78, 5) is 14.9. The van der Waals surface area contributed by atoms with Crippen LogP contribution in [0, 0.1) is 0 Å². The smallest absolute Gasteiger partial charge is 0.280 e. The number of nitrogens with zero attached hydrogens (tertiary/aromatic N) is 1. The molecule has 1 aliphatic heterocycles. The molecule has 4 N–H and O–H groups in total. The highest BCUT2D eigenvalue weighted by atomic mass is 35.5. The normalized spacial score (nSPS) is 12.2. The summed E-state index contributed by atoms with van der Waals surface area (Å²) >= 11 is 0. The molecule has 0 bridgehead atoms. The van der Waals surface area contributed by atoms with Gasteiger partial charge in [0.25, 0.3) is 5.91 Å². The van der Waals surface area contributed by atoms with E-state index < -0.39 is 5.91 Å². The second-order valence-electron chi connectivity index (χ2n) is 3.20. The van der Waals surface area contributed by atoms with E-state index in [1.54, 1.807) is 18.2 Å². The van der Waals surface area contributed by atoms with Gasteiger partial charge in [-0.25, -0.2) is 0 Å². The molecule has 0 aromatic heterocycles. The van der Waals surface area contributed by atoms with Crippen molar-refractivity contribution in [3.8, 4) is 11.5 Å². The summed E-state index contributed by atoms with van der Waals surface area (Å²) in [6.07, 6.45) is 0. The molecule has 17 heavy (non-hydrogen) atoms. The Morgan fingerprint density at radius 1 is 1.18 bits per heavy atom. The number of halogens is 1. The molecule has 1 aromatic carbocycles. The summed E-state index contributed by atoms with van der Waals surface area (Å²) in [5, 5.41) is 0. The molecule has 0 aliphatic carbocycles. The minimum absolute atomic E-state index is 0. The van der Waals surface area contributed by atoms with Crippen LogP contribution in [0.1, 0.15) is 10.4 Å². The number of amides is 1. The minimum atomic E-state index is -0.503. The first kappa shape index (κ1) is 13.1. The van der Waals surface area contributed by atoms with Crippen molar-refractivity contribution in [1.82, 2.24) is 0 Å². The van der Waals surface area contributed by atoms with Gasteiger partial charge in [-0.1, -0.05) is 0 Å². The largest absolute Gasteiger partial charge is 0.486 e. The van der Waals surface area contributed by atoms with Crippen LogP contribution in [-0.2, 0) is 0 Å². The fourth-order valence-corrected chi connectivity index (χ4v) is 1.36. The van der Waals surface area contributed by atoms with Crippen molar-refractivity contribution in [2.24, 2.45) is 16.5 Å². The molecule has 1 heterocycles. The van der Waals surface area contributed by atoms with E-state index in [4.69, 9.17) is 20.9 Å². The standard InChI is InChI=1S/C10H11N3O3.ClH/c11-10(12)13-9(14)6-1-2-7-8(5-6)16-4-3-15-7;/h1-2,5H,3-4H2,(H4,11,12,13,14);1H. The van der Waals surface area contributed by atoms with Crippen LogP contribution >= 0.6 is 12.4 Å². The van der Waals surface area contributed by atoms with Gasteiger partial charge < -0.3 is 20.9 Å². The van der Waals surface area contributed by atoms with Crippen LogP contribution in [0.4, 0.5) is 0 Å². The third kappa shape index (κ3) is 3.01. The number of guanidine groups is 1. The number of benzene rings is 1. The predicted molar refractivity (Wildman–Crippen MR) is 64.8 cm³/mol. The van der Waals surface area contributed by atoms with Crippen molar-refractivity contribution < 1.29 is 14.3 Å². The van der Waals surface area contributed by atoms with E-state index in [1.165, 1.54) is 0 Å². The number of fused-ring (bicyclic) bond motifs is 1. The first-order valence-corrected chi connectivity index (χ1v) is 4.70. The van der Waals surface area contributed by atoms with E-state index in [0.717, 1.165) is 0 Å². The van der Waals surface area contributed by atoms with Crippen molar-refractivity contribution in [3.05, 3.63) is 23.8 Å². The monoisotopic (exact) mass is 257 g/mol. The summed E-state index contributed by atoms with van der Waals surface area (Å²) in [5.74, 6) is 0.382. The van der Waals surface area contributed by atoms with Gasteiger partial charge in [-0.3, -0.25) is 4.79 Å². The molecule has 0 unspecified atom stereocenters. The SMILES string of the molecule is Cl.NC(N)=NC(=O)c1ccc2c(c1)OCCO2. The Hall–Kier alpha value is -1.95. The Labute approximate surface area is 104 Å². The van der Waals surface area contributed by atoms with E-state index in [0.29, 0.717) is 30.3 Å². The average Bonchev–Trinajstić information content (AvgIpc) is 2.27. The maximum atomic E-state index is 11.5. The Morgan fingerprint density at radius 3 is 2.47 bits per heavy atom. The number of hydrogen-bond donors (Lipinski definition) is 2. The van der Waals surface area contributed by atoms with Gasteiger partial charge in [-0.15, -0.1) is 12.4 Å². The Bertz CT molecular complexity index is 458. The lowest BCUT2D eigenvalue weighted by Crippen LogP contribution is -2.24. The van der Waals surface area contributed by atoms with Gasteiger partial charge in [-0.2, -0.15) is 4.99 Å². The number of nitrogens with two attached hydrogens (primary N) is 2. The number of ether oxygens (including phenoxy) is 2. The highest BCUT2D eigenvalue weighted by Gasteiger charge is 2.14. The molecule has 0 spiro atoms. The van der Waals surface area contributed by atoms with Crippen molar-refractivity contribution in [2.45, 2.75) is 0 Å². The lowest BCUT2D eigenvalue weighted by molar-refractivity contribution is 0.100. The molecule has 0 atom stereocenters. The molecule has 0 radical (unpaired) electrons. The van der Waals surface area contributed by atoms with Crippen LogP contribution in [0.15, 0.2) is 23.2 Å². The highest BCUT2D eigenvalue weighted by Crippen LogP contribution is 2.30. The zero-order chi connectivity index (χ0) is 11.5. The summed E-state index contributed by atoms with van der Waals surface area (Å²) < 4.78 is 10.6. The van der Waals surface area contributed by atoms with Crippen LogP contribution in [0.25, 0.3) is 0 Å². The van der Waals surface area contributed by atoms with Gasteiger partial charge in [0.2, 0.25) is 0 Å². The fraction of sp³-hybridized carbons (Fsp3) is 0.200. The van der Waals surface area contributed by atoms with Gasteiger partial charge in [0.15, 0.2) is 17.5 Å². The van der Waals surface area contributed by atoms with E-state index in [2.05, 4.69) is 4.99 Å². The van der Waals surface area contributed by atoms with E-state index >= 15 is 0 Å². The molecule has 6 nitrogen and oxygen atoms in total. The second kappa shape index (κ2) is 5.40. The molecule has 0 fully saturated rings. The third-order valence-electron chi connectivity index (χ3n) is 2.02. The van der Waals surface area contributed by atoms with Crippen LogP contribution in [0.5, 0.6) is 11.5 Å². The molecule has 1 aromatic rings. The number of aliphatic imine (C=N–C) groups is 1. The Kier molecular flexibility index (Phi) is 4.17. The highest BCUT2D eigenvalue weighted by molar-refractivity contribution is 6.02. The fourth-order valence-electron chi connectivity index (χ4n) is 1.36. The third-order valence-corrected chi connectivity index (χ3v) is 2.02. The quantitative estimate of drug-likeness (QED) is 0.556. The molecule has 2 rings (SSSR count). The first-order chi connectivity index (χ1) is 7.66. The number of carbonyl (C=O) groups excluding carboxylic acids is 1. The average molecular weight is 258 g/mol. The van der Waals surface area contributed by atoms with Crippen molar-refractivity contribution in [1.29, 1.82) is 0 Å². The molecule has 7 heteroatoms. The van der Waals surface area contributed by atoms with Crippen molar-refractivity contribution in [3.63, 3.8) is 0 Å². The lowest BCUT2D eigenvalue weighted by Gasteiger charge is -2.18. The molecule has 1 aliphatic rings. The summed E-state index contributed by atoms with van der Waals surface area (Å²) in [7, 11) is 0. The second-order valence-corrected chi connectivity index (χ2v) is 3.20. The van der Waals surface area contributed by atoms with Crippen LogP contribution in [0.3, 0.4) is 0 Å². The summed E-state index contributed by atoms with van der Waals surface area (Å²) in [5.41, 5.74) is 10.6. The molecular formula is C10H12ClN3O3. The first-order valence-electron chi connectivity index (χ1n) is 4.70. The zero-order valence-corrected chi connectivity index (χ0v) is 9.70. The Balaban J connectivity index is 0.00000144. The molecule has 0 saturated carbocycles.